The van der Waals surface area contributed by atoms with Gasteiger partial charge < -0.3 is 9.47 Å². The quantitative estimate of drug-likeness (QED) is 0.691. The molecule has 0 bridgehead atoms. The predicted octanol–water partition coefficient (Wildman–Crippen LogP) is 3.20. The van der Waals surface area contributed by atoms with E-state index in [-0.39, 0.29) is 5.91 Å². The van der Waals surface area contributed by atoms with Gasteiger partial charge in [-0.2, -0.15) is 0 Å². The van der Waals surface area contributed by atoms with Crippen LogP contribution in [0.5, 0.6) is 0 Å². The first-order valence-electron chi connectivity index (χ1n) is 10.4. The van der Waals surface area contributed by atoms with Crippen LogP contribution in [0.15, 0.2) is 67.3 Å². The van der Waals surface area contributed by atoms with Gasteiger partial charge >= 0.3 is 0 Å². The average molecular weight is 386 g/mol. The molecule has 0 radical (unpaired) electrons. The molecule has 1 aromatic heterocycles. The third-order valence-electron chi connectivity index (χ3n) is 6.25. The lowest BCUT2D eigenvalue weighted by Crippen LogP contribution is -2.41. The van der Waals surface area contributed by atoms with Crippen LogP contribution in [-0.2, 0) is 19.5 Å². The summed E-state index contributed by atoms with van der Waals surface area (Å²) in [7, 11) is 0. The molecule has 0 N–H and O–H groups in total. The van der Waals surface area contributed by atoms with Gasteiger partial charge in [0, 0.05) is 56.7 Å². The monoisotopic (exact) mass is 386 g/mol. The number of imidazole rings is 1. The molecule has 1 fully saturated rings. The van der Waals surface area contributed by atoms with Crippen molar-refractivity contribution in [3.8, 4) is 0 Å². The van der Waals surface area contributed by atoms with E-state index in [4.69, 9.17) is 0 Å². The second kappa shape index (κ2) is 7.84. The fourth-order valence-electron chi connectivity index (χ4n) is 4.58. The molecule has 1 saturated heterocycles. The van der Waals surface area contributed by atoms with Gasteiger partial charge in [-0.1, -0.05) is 36.4 Å². The Morgan fingerprint density at radius 2 is 1.86 bits per heavy atom. The van der Waals surface area contributed by atoms with Gasteiger partial charge in [0.1, 0.15) is 0 Å². The summed E-state index contributed by atoms with van der Waals surface area (Å²) in [5, 5.41) is 0. The van der Waals surface area contributed by atoms with Crippen LogP contribution in [0.1, 0.15) is 33.5 Å². The molecule has 0 aliphatic carbocycles. The molecule has 148 valence electrons. The topological polar surface area (TPSA) is 41.4 Å². The predicted molar refractivity (Wildman–Crippen MR) is 113 cm³/mol. The van der Waals surface area contributed by atoms with Gasteiger partial charge in [0.05, 0.1) is 6.33 Å². The molecule has 2 aromatic carbocycles. The Balaban J connectivity index is 1.20. The molecule has 1 unspecified atom stereocenters. The first-order valence-corrected chi connectivity index (χ1v) is 10.4. The van der Waals surface area contributed by atoms with E-state index in [0.29, 0.717) is 6.04 Å². The van der Waals surface area contributed by atoms with Gasteiger partial charge in [0.15, 0.2) is 0 Å². The smallest absolute Gasteiger partial charge is 0.253 e. The van der Waals surface area contributed by atoms with Crippen LogP contribution in [0.25, 0.3) is 0 Å². The Labute approximate surface area is 171 Å². The Bertz CT molecular complexity index is 980. The van der Waals surface area contributed by atoms with E-state index < -0.39 is 0 Å². The third kappa shape index (κ3) is 3.83. The summed E-state index contributed by atoms with van der Waals surface area (Å²) in [5.74, 6) is 0.152. The fourth-order valence-corrected chi connectivity index (χ4v) is 4.58. The Hall–Kier alpha value is -2.92. The molecular weight excluding hydrogens is 360 g/mol. The minimum atomic E-state index is 0.152. The van der Waals surface area contributed by atoms with Crippen molar-refractivity contribution in [2.75, 3.05) is 19.6 Å². The van der Waals surface area contributed by atoms with Crippen molar-refractivity contribution in [1.82, 2.24) is 19.4 Å². The minimum Gasteiger partial charge on any atom is -0.337 e. The van der Waals surface area contributed by atoms with E-state index in [1.165, 1.54) is 16.7 Å². The maximum atomic E-state index is 13.0. The summed E-state index contributed by atoms with van der Waals surface area (Å²) in [6.07, 6.45) is 7.71. The number of rotatable bonds is 4. The number of hydrogen-bond acceptors (Lipinski definition) is 3. The number of likely N-dealkylation sites (tertiary alicyclic amines) is 1. The van der Waals surface area contributed by atoms with Crippen LogP contribution in [0, 0.1) is 0 Å². The van der Waals surface area contributed by atoms with E-state index in [1.54, 1.807) is 6.20 Å². The second-order valence-electron chi connectivity index (χ2n) is 8.11. The minimum absolute atomic E-state index is 0.152. The number of amides is 1. The molecule has 3 heterocycles. The fraction of sp³-hybridized carbons (Fsp3) is 0.333. The van der Waals surface area contributed by atoms with Crippen LogP contribution < -0.4 is 0 Å². The Morgan fingerprint density at radius 1 is 1.03 bits per heavy atom. The molecule has 1 atom stereocenters. The number of aromatic nitrogens is 2. The lowest BCUT2D eigenvalue weighted by molar-refractivity contribution is 0.0773. The van der Waals surface area contributed by atoms with E-state index in [1.807, 2.05) is 46.3 Å². The van der Waals surface area contributed by atoms with Crippen molar-refractivity contribution < 1.29 is 4.79 Å². The number of benzene rings is 2. The molecule has 5 nitrogen and oxygen atoms in total. The first-order chi connectivity index (χ1) is 14.3. The van der Waals surface area contributed by atoms with Crippen molar-refractivity contribution in [3.05, 3.63) is 89.5 Å². The van der Waals surface area contributed by atoms with Gasteiger partial charge in [-0.15, -0.1) is 0 Å². The molecular formula is C24H26N4O. The van der Waals surface area contributed by atoms with Crippen molar-refractivity contribution in [2.45, 2.75) is 32.0 Å². The summed E-state index contributed by atoms with van der Waals surface area (Å²) in [6.45, 7) is 4.55. The highest BCUT2D eigenvalue weighted by molar-refractivity contribution is 5.94. The lowest BCUT2D eigenvalue weighted by Gasteiger charge is -2.33. The molecule has 0 spiro atoms. The SMILES string of the molecule is O=C(c1ccc(Cn2ccnc2)cc1)N1CCC(N2CCc3ccccc3C2)C1. The van der Waals surface area contributed by atoms with Crippen LogP contribution in [0.4, 0.5) is 0 Å². The molecule has 2 aliphatic heterocycles. The zero-order valence-electron chi connectivity index (χ0n) is 16.6. The van der Waals surface area contributed by atoms with Crippen molar-refractivity contribution in [3.63, 3.8) is 0 Å². The highest BCUT2D eigenvalue weighted by Gasteiger charge is 2.32. The summed E-state index contributed by atoms with van der Waals surface area (Å²) in [5.41, 5.74) is 4.87. The lowest BCUT2D eigenvalue weighted by atomic mass is 9.98. The van der Waals surface area contributed by atoms with E-state index in [9.17, 15) is 4.79 Å². The summed E-state index contributed by atoms with van der Waals surface area (Å²) in [6, 6.07) is 17.2. The number of carbonyl (C=O) groups excluding carboxylic acids is 1. The largest absolute Gasteiger partial charge is 0.337 e. The molecule has 1 amide bonds. The van der Waals surface area contributed by atoms with Gasteiger partial charge in [0.2, 0.25) is 0 Å². The van der Waals surface area contributed by atoms with Crippen LogP contribution in [-0.4, -0.2) is 50.9 Å². The zero-order chi connectivity index (χ0) is 19.6. The Morgan fingerprint density at radius 3 is 2.66 bits per heavy atom. The summed E-state index contributed by atoms with van der Waals surface area (Å²) in [4.78, 5) is 21.7. The zero-order valence-corrected chi connectivity index (χ0v) is 16.6. The number of carbonyl (C=O) groups is 1. The summed E-state index contributed by atoms with van der Waals surface area (Å²) < 4.78 is 2.03. The van der Waals surface area contributed by atoms with E-state index >= 15 is 0 Å². The van der Waals surface area contributed by atoms with Gasteiger partial charge in [-0.25, -0.2) is 4.98 Å². The van der Waals surface area contributed by atoms with Crippen molar-refractivity contribution in [1.29, 1.82) is 0 Å². The summed E-state index contributed by atoms with van der Waals surface area (Å²) >= 11 is 0. The van der Waals surface area contributed by atoms with Crippen LogP contribution in [0.2, 0.25) is 0 Å². The third-order valence-corrected chi connectivity index (χ3v) is 6.25. The number of fused-ring (bicyclic) bond motifs is 1. The molecule has 0 saturated carbocycles. The normalized spacial score (nSPS) is 19.3. The molecule has 5 heteroatoms. The van der Waals surface area contributed by atoms with Gasteiger partial charge in [-0.05, 0) is 41.7 Å². The molecule has 29 heavy (non-hydrogen) atoms. The molecule has 3 aromatic rings. The van der Waals surface area contributed by atoms with Gasteiger partial charge in [-0.3, -0.25) is 9.69 Å². The second-order valence-corrected chi connectivity index (χ2v) is 8.11. The first kappa shape index (κ1) is 18.1. The van der Waals surface area contributed by atoms with Crippen LogP contribution >= 0.6 is 0 Å². The van der Waals surface area contributed by atoms with Crippen molar-refractivity contribution in [2.24, 2.45) is 0 Å². The number of hydrogen-bond donors (Lipinski definition) is 0. The average Bonchev–Trinajstić information content (AvgIpc) is 3.46. The van der Waals surface area contributed by atoms with Gasteiger partial charge in [0.25, 0.3) is 5.91 Å². The molecule has 5 rings (SSSR count). The van der Waals surface area contributed by atoms with Crippen molar-refractivity contribution >= 4 is 5.91 Å². The standard InChI is InChI=1S/C24H26N4O/c29-24(21-7-5-19(6-8-21)15-26-14-11-25-18-26)28-13-10-23(17-28)27-12-9-20-3-1-2-4-22(20)16-27/h1-8,11,14,18,23H,9-10,12-13,15-17H2. The van der Waals surface area contributed by atoms with E-state index in [0.717, 1.165) is 51.1 Å². The van der Waals surface area contributed by atoms with Crippen LogP contribution in [0.3, 0.4) is 0 Å². The maximum absolute atomic E-state index is 13.0. The maximum Gasteiger partial charge on any atom is 0.253 e. The number of nitrogens with zero attached hydrogens (tertiary/aromatic N) is 4. The highest BCUT2D eigenvalue weighted by atomic mass is 16.2. The van der Waals surface area contributed by atoms with E-state index in [2.05, 4.69) is 34.1 Å². The Kier molecular flexibility index (Phi) is 4.90. The molecule has 2 aliphatic rings. The highest BCUT2D eigenvalue weighted by Crippen LogP contribution is 2.25.